The van der Waals surface area contributed by atoms with Crippen LogP contribution in [0.3, 0.4) is 0 Å². The van der Waals surface area contributed by atoms with E-state index in [1.54, 1.807) is 0 Å². The fraction of sp³-hybridized carbons (Fsp3) is 0.833. The van der Waals surface area contributed by atoms with Crippen LogP contribution in [0.5, 0.6) is 0 Å². The van der Waals surface area contributed by atoms with Crippen molar-refractivity contribution in [2.45, 2.75) is 50.9 Å². The normalized spacial score (nSPS) is 37.1. The summed E-state index contributed by atoms with van der Waals surface area (Å²) in [6.07, 6.45) is -0.0829. The fourth-order valence-corrected chi connectivity index (χ4v) is 2.55. The fourth-order valence-electron chi connectivity index (χ4n) is 2.55. The van der Waals surface area contributed by atoms with Crippen molar-refractivity contribution in [3.63, 3.8) is 0 Å². The van der Waals surface area contributed by atoms with Crippen LogP contribution in [0.1, 0.15) is 38.5 Å². The van der Waals surface area contributed by atoms with Crippen molar-refractivity contribution in [1.82, 2.24) is 0 Å². The molecule has 4 atom stereocenters. The van der Waals surface area contributed by atoms with Gasteiger partial charge in [0.05, 0.1) is 11.8 Å². The van der Waals surface area contributed by atoms with E-state index in [0.717, 1.165) is 0 Å². The van der Waals surface area contributed by atoms with E-state index >= 15 is 0 Å². The van der Waals surface area contributed by atoms with E-state index in [9.17, 15) is 18.4 Å². The summed E-state index contributed by atoms with van der Waals surface area (Å²) in [6.45, 7) is 0. The van der Waals surface area contributed by atoms with Gasteiger partial charge in [0.1, 0.15) is 12.3 Å². The number of alkyl halides is 2. The number of hydrogen-bond acceptors (Lipinski definition) is 3. The molecule has 4 unspecified atom stereocenters. The number of carbonyl (C=O) groups excluding carboxylic acids is 2. The van der Waals surface area contributed by atoms with Crippen molar-refractivity contribution in [3.8, 4) is 0 Å². The lowest BCUT2D eigenvalue weighted by molar-refractivity contribution is -0.165. The number of esters is 2. The van der Waals surface area contributed by atoms with Crippen LogP contribution < -0.4 is 0 Å². The van der Waals surface area contributed by atoms with Crippen LogP contribution in [-0.2, 0) is 14.3 Å². The molecule has 0 spiro atoms. The number of carbonyl (C=O) groups is 2. The van der Waals surface area contributed by atoms with Crippen molar-refractivity contribution in [2.75, 3.05) is 0 Å². The summed E-state index contributed by atoms with van der Waals surface area (Å²) in [7, 11) is 0. The van der Waals surface area contributed by atoms with E-state index in [2.05, 4.69) is 0 Å². The van der Waals surface area contributed by atoms with Crippen molar-refractivity contribution >= 4 is 11.9 Å². The third-order valence-electron chi connectivity index (χ3n) is 3.61. The number of rotatable bonds is 2. The number of ether oxygens (including phenoxy) is 1. The van der Waals surface area contributed by atoms with E-state index in [0.29, 0.717) is 25.7 Å². The Labute approximate surface area is 98.5 Å². The quantitative estimate of drug-likeness (QED) is 0.554. The molecule has 96 valence electrons. The molecule has 0 aromatic heterocycles. The highest BCUT2D eigenvalue weighted by atomic mass is 19.1. The van der Waals surface area contributed by atoms with Crippen LogP contribution in [0.4, 0.5) is 8.78 Å². The Morgan fingerprint density at radius 3 is 1.53 bits per heavy atom. The standard InChI is InChI=1S/C12H16F2O3/c13-9-3-1-7(5-9)11(15)17-12(16)8-2-4-10(14)6-8/h7-10H,1-6H2. The maximum atomic E-state index is 12.9. The van der Waals surface area contributed by atoms with Gasteiger partial charge in [-0.3, -0.25) is 9.59 Å². The van der Waals surface area contributed by atoms with E-state index < -0.39 is 36.1 Å². The number of halogens is 2. The van der Waals surface area contributed by atoms with Crippen LogP contribution >= 0.6 is 0 Å². The Morgan fingerprint density at radius 1 is 0.824 bits per heavy atom. The van der Waals surface area contributed by atoms with Gasteiger partial charge >= 0.3 is 11.9 Å². The van der Waals surface area contributed by atoms with Gasteiger partial charge < -0.3 is 4.74 Å². The first-order valence-corrected chi connectivity index (χ1v) is 6.10. The average Bonchev–Trinajstić information content (AvgIpc) is 2.87. The van der Waals surface area contributed by atoms with Crippen LogP contribution in [-0.4, -0.2) is 24.3 Å². The summed E-state index contributed by atoms with van der Waals surface area (Å²) in [5.74, 6) is -2.29. The maximum Gasteiger partial charge on any atom is 0.316 e. The van der Waals surface area contributed by atoms with Crippen molar-refractivity contribution in [1.29, 1.82) is 0 Å². The van der Waals surface area contributed by atoms with Gasteiger partial charge in [0.2, 0.25) is 0 Å². The number of hydrogen-bond donors (Lipinski definition) is 0. The summed E-state index contributed by atoms with van der Waals surface area (Å²) >= 11 is 0. The molecule has 2 saturated carbocycles. The SMILES string of the molecule is O=C(OC(=O)C1CCC(F)C1)C1CCC(F)C1. The van der Waals surface area contributed by atoms with Gasteiger partial charge in [0, 0.05) is 0 Å². The molecule has 3 nitrogen and oxygen atoms in total. The summed E-state index contributed by atoms with van der Waals surface area (Å²) in [5, 5.41) is 0. The minimum atomic E-state index is -0.968. The largest absolute Gasteiger partial charge is 0.393 e. The van der Waals surface area contributed by atoms with E-state index in [-0.39, 0.29) is 12.8 Å². The Hall–Kier alpha value is -1.00. The molecule has 2 aliphatic rings. The molecule has 0 aromatic rings. The highest BCUT2D eigenvalue weighted by Gasteiger charge is 2.36. The molecule has 17 heavy (non-hydrogen) atoms. The molecule has 2 aliphatic carbocycles. The van der Waals surface area contributed by atoms with E-state index in [4.69, 9.17) is 4.74 Å². The predicted octanol–water partition coefficient (Wildman–Crippen LogP) is 2.33. The van der Waals surface area contributed by atoms with Gasteiger partial charge in [-0.25, -0.2) is 8.78 Å². The summed E-state index contributed by atoms with van der Waals surface area (Å²) in [6, 6.07) is 0. The highest BCUT2D eigenvalue weighted by molar-refractivity contribution is 5.88. The molecule has 0 bridgehead atoms. The first-order chi connectivity index (χ1) is 8.06. The molecule has 5 heteroatoms. The van der Waals surface area contributed by atoms with E-state index in [1.807, 2.05) is 0 Å². The second kappa shape index (κ2) is 5.10. The van der Waals surface area contributed by atoms with Crippen LogP contribution in [0.15, 0.2) is 0 Å². The molecule has 0 N–H and O–H groups in total. The molecule has 0 aromatic carbocycles. The van der Waals surface area contributed by atoms with E-state index in [1.165, 1.54) is 0 Å². The molecule has 2 fully saturated rings. The zero-order valence-corrected chi connectivity index (χ0v) is 9.53. The van der Waals surface area contributed by atoms with Crippen LogP contribution in [0, 0.1) is 11.8 Å². The molecule has 0 heterocycles. The molecule has 0 aliphatic heterocycles. The third kappa shape index (κ3) is 3.01. The molecular formula is C12H16F2O3. The minimum Gasteiger partial charge on any atom is -0.393 e. The topological polar surface area (TPSA) is 43.4 Å². The van der Waals surface area contributed by atoms with Crippen LogP contribution in [0.25, 0.3) is 0 Å². The average molecular weight is 246 g/mol. The van der Waals surface area contributed by atoms with Gasteiger partial charge in [-0.05, 0) is 38.5 Å². The van der Waals surface area contributed by atoms with Gasteiger partial charge in [-0.15, -0.1) is 0 Å². The summed E-state index contributed by atoms with van der Waals surface area (Å²) in [4.78, 5) is 23.1. The lowest BCUT2D eigenvalue weighted by atomic mass is 10.1. The van der Waals surface area contributed by atoms with Crippen LogP contribution in [0.2, 0.25) is 0 Å². The lowest BCUT2D eigenvalue weighted by Crippen LogP contribution is -2.24. The summed E-state index contributed by atoms with van der Waals surface area (Å²) in [5.41, 5.74) is 0. The first kappa shape index (κ1) is 12.5. The zero-order valence-electron chi connectivity index (χ0n) is 9.53. The maximum absolute atomic E-state index is 12.9. The molecule has 0 radical (unpaired) electrons. The Kier molecular flexibility index (Phi) is 3.74. The molecule has 2 rings (SSSR count). The van der Waals surface area contributed by atoms with Crippen molar-refractivity contribution in [2.24, 2.45) is 11.8 Å². The second-order valence-corrected chi connectivity index (χ2v) is 4.95. The molecule has 0 amide bonds. The van der Waals surface area contributed by atoms with Gasteiger partial charge in [-0.2, -0.15) is 0 Å². The zero-order chi connectivity index (χ0) is 12.4. The summed E-state index contributed by atoms with van der Waals surface area (Å²) < 4.78 is 30.5. The smallest absolute Gasteiger partial charge is 0.316 e. The second-order valence-electron chi connectivity index (χ2n) is 4.95. The van der Waals surface area contributed by atoms with Gasteiger partial charge in [0.25, 0.3) is 0 Å². The minimum absolute atomic E-state index is 0.141. The Bertz CT molecular complexity index is 289. The van der Waals surface area contributed by atoms with Crippen molar-refractivity contribution in [3.05, 3.63) is 0 Å². The van der Waals surface area contributed by atoms with Crippen molar-refractivity contribution < 1.29 is 23.1 Å². The Balaban J connectivity index is 1.80. The lowest BCUT2D eigenvalue weighted by Gasteiger charge is -2.11. The van der Waals surface area contributed by atoms with Gasteiger partial charge in [0.15, 0.2) is 0 Å². The monoisotopic (exact) mass is 246 g/mol. The molecule has 0 saturated heterocycles. The molecular weight excluding hydrogens is 230 g/mol. The Morgan fingerprint density at radius 2 is 1.24 bits per heavy atom. The third-order valence-corrected chi connectivity index (χ3v) is 3.61. The highest BCUT2D eigenvalue weighted by Crippen LogP contribution is 2.31. The predicted molar refractivity (Wildman–Crippen MR) is 55.6 cm³/mol. The first-order valence-electron chi connectivity index (χ1n) is 6.10. The van der Waals surface area contributed by atoms with Gasteiger partial charge in [-0.1, -0.05) is 0 Å².